The van der Waals surface area contributed by atoms with Gasteiger partial charge in [-0.05, 0) is 6.07 Å². The third-order valence-corrected chi connectivity index (χ3v) is 1.73. The number of rotatable bonds is 4. The second-order valence-electron chi connectivity index (χ2n) is 2.68. The zero-order chi connectivity index (χ0) is 12.1. The molecule has 16 heavy (non-hydrogen) atoms. The van der Waals surface area contributed by atoms with Crippen molar-refractivity contribution in [2.75, 3.05) is 6.61 Å². The van der Waals surface area contributed by atoms with Crippen LogP contribution in [0, 0.1) is 5.82 Å². The maximum atomic E-state index is 12.7. The molecular weight excluding hydrogens is 241 g/mol. The zero-order valence-electron chi connectivity index (χ0n) is 7.87. The van der Waals surface area contributed by atoms with E-state index >= 15 is 0 Å². The van der Waals surface area contributed by atoms with E-state index in [1.807, 2.05) is 5.48 Å². The second-order valence-corrected chi connectivity index (χ2v) is 3.04. The Morgan fingerprint density at radius 2 is 2.31 bits per heavy atom. The van der Waals surface area contributed by atoms with Crippen molar-refractivity contribution in [2.45, 2.75) is 0 Å². The molecule has 2 amide bonds. The van der Waals surface area contributed by atoms with E-state index in [-0.39, 0.29) is 10.7 Å². The van der Waals surface area contributed by atoms with Crippen LogP contribution >= 0.6 is 11.6 Å². The number of aromatic nitrogens is 1. The smallest absolute Gasteiger partial charge is 0.278 e. The van der Waals surface area contributed by atoms with Gasteiger partial charge in [0.05, 0.1) is 11.8 Å². The molecule has 8 heteroatoms. The molecule has 0 fully saturated rings. The summed E-state index contributed by atoms with van der Waals surface area (Å²) in [6, 6.07) is 0.887. The second kappa shape index (κ2) is 5.38. The molecule has 0 atom stereocenters. The van der Waals surface area contributed by atoms with Crippen LogP contribution in [-0.4, -0.2) is 23.4 Å². The SMILES string of the molecule is NC(=O)CONC(=O)c1cc(F)cnc1Cl. The van der Waals surface area contributed by atoms with Crippen molar-refractivity contribution in [3.63, 3.8) is 0 Å². The molecule has 1 rings (SSSR count). The Bertz CT molecular complexity index is 427. The van der Waals surface area contributed by atoms with Crippen LogP contribution in [0.25, 0.3) is 0 Å². The average Bonchev–Trinajstić information content (AvgIpc) is 2.21. The van der Waals surface area contributed by atoms with Crippen LogP contribution in [-0.2, 0) is 9.63 Å². The van der Waals surface area contributed by atoms with E-state index in [4.69, 9.17) is 17.3 Å². The Kier molecular flexibility index (Phi) is 4.15. The summed E-state index contributed by atoms with van der Waals surface area (Å²) in [4.78, 5) is 29.5. The predicted molar refractivity (Wildman–Crippen MR) is 51.8 cm³/mol. The van der Waals surface area contributed by atoms with E-state index in [0.717, 1.165) is 12.3 Å². The van der Waals surface area contributed by atoms with Gasteiger partial charge in [-0.2, -0.15) is 0 Å². The lowest BCUT2D eigenvalue weighted by atomic mass is 10.3. The Labute approximate surface area is 94.5 Å². The molecule has 0 radical (unpaired) electrons. The standard InChI is InChI=1S/C8H7ClFN3O3/c9-7-5(1-4(10)2-12-7)8(15)13-16-3-6(11)14/h1-2H,3H2,(H2,11,14)(H,13,15). The number of primary amides is 1. The van der Waals surface area contributed by atoms with Gasteiger partial charge in [0.1, 0.15) is 11.0 Å². The summed E-state index contributed by atoms with van der Waals surface area (Å²) in [5.41, 5.74) is 6.42. The number of nitrogens with two attached hydrogens (primary N) is 1. The fourth-order valence-corrected chi connectivity index (χ4v) is 0.999. The Balaban J connectivity index is 2.65. The molecule has 3 N–H and O–H groups in total. The first kappa shape index (κ1) is 12.3. The first-order valence-corrected chi connectivity index (χ1v) is 4.40. The van der Waals surface area contributed by atoms with Gasteiger partial charge in [-0.1, -0.05) is 11.6 Å². The molecule has 0 saturated carbocycles. The highest BCUT2D eigenvalue weighted by atomic mass is 35.5. The molecule has 0 bridgehead atoms. The minimum absolute atomic E-state index is 0.179. The lowest BCUT2D eigenvalue weighted by molar-refractivity contribution is -0.124. The van der Waals surface area contributed by atoms with Crippen LogP contribution in [0.5, 0.6) is 0 Å². The fraction of sp³-hybridized carbons (Fsp3) is 0.125. The molecule has 0 aliphatic rings. The first-order valence-electron chi connectivity index (χ1n) is 4.02. The number of halogens is 2. The van der Waals surface area contributed by atoms with Crippen molar-refractivity contribution in [2.24, 2.45) is 5.73 Å². The van der Waals surface area contributed by atoms with Crippen molar-refractivity contribution in [3.8, 4) is 0 Å². The molecule has 0 spiro atoms. The highest BCUT2D eigenvalue weighted by Gasteiger charge is 2.12. The summed E-state index contributed by atoms with van der Waals surface area (Å²) < 4.78 is 12.7. The highest BCUT2D eigenvalue weighted by Crippen LogP contribution is 2.13. The molecule has 0 unspecified atom stereocenters. The Morgan fingerprint density at radius 3 is 2.94 bits per heavy atom. The van der Waals surface area contributed by atoms with Crippen LogP contribution in [0.2, 0.25) is 5.15 Å². The molecular formula is C8H7ClFN3O3. The summed E-state index contributed by atoms with van der Waals surface area (Å²) >= 11 is 5.55. The van der Waals surface area contributed by atoms with Gasteiger partial charge in [0.15, 0.2) is 6.61 Å². The number of hydroxylamine groups is 1. The van der Waals surface area contributed by atoms with Gasteiger partial charge in [-0.25, -0.2) is 14.9 Å². The molecule has 0 aromatic carbocycles. The number of hydrogen-bond acceptors (Lipinski definition) is 4. The van der Waals surface area contributed by atoms with Crippen LogP contribution in [0.4, 0.5) is 4.39 Å². The third kappa shape index (κ3) is 3.44. The van der Waals surface area contributed by atoms with Gasteiger partial charge in [0, 0.05) is 0 Å². The van der Waals surface area contributed by atoms with Gasteiger partial charge >= 0.3 is 0 Å². The minimum atomic E-state index is -0.821. The Hall–Kier alpha value is -1.73. The molecule has 6 nitrogen and oxygen atoms in total. The van der Waals surface area contributed by atoms with E-state index < -0.39 is 24.2 Å². The molecule has 1 heterocycles. The molecule has 86 valence electrons. The highest BCUT2D eigenvalue weighted by molar-refractivity contribution is 6.32. The number of carbonyl (C=O) groups excluding carboxylic acids is 2. The summed E-state index contributed by atoms with van der Waals surface area (Å²) in [5.74, 6) is -2.30. The average molecular weight is 248 g/mol. The minimum Gasteiger partial charge on any atom is -0.368 e. The lowest BCUT2D eigenvalue weighted by Crippen LogP contribution is -2.29. The monoisotopic (exact) mass is 247 g/mol. The fourth-order valence-electron chi connectivity index (χ4n) is 0.810. The number of nitrogens with zero attached hydrogens (tertiary/aromatic N) is 1. The van der Waals surface area contributed by atoms with Crippen molar-refractivity contribution >= 4 is 23.4 Å². The van der Waals surface area contributed by atoms with Gasteiger partial charge in [-0.15, -0.1) is 0 Å². The van der Waals surface area contributed by atoms with Crippen LogP contribution in [0.15, 0.2) is 12.3 Å². The first-order chi connectivity index (χ1) is 7.50. The van der Waals surface area contributed by atoms with Crippen molar-refractivity contribution in [1.82, 2.24) is 10.5 Å². The Morgan fingerprint density at radius 1 is 1.62 bits per heavy atom. The summed E-state index contributed by atoms with van der Waals surface area (Å²) in [6.45, 7) is -0.494. The molecule has 0 saturated heterocycles. The quantitative estimate of drug-likeness (QED) is 0.579. The van der Waals surface area contributed by atoms with Crippen molar-refractivity contribution in [3.05, 3.63) is 28.8 Å². The summed E-state index contributed by atoms with van der Waals surface area (Å²) in [5, 5.41) is -0.179. The van der Waals surface area contributed by atoms with E-state index in [1.54, 1.807) is 0 Å². The van der Waals surface area contributed by atoms with E-state index in [0.29, 0.717) is 0 Å². The molecule has 1 aromatic heterocycles. The van der Waals surface area contributed by atoms with Gasteiger partial charge in [0.25, 0.3) is 5.91 Å². The summed E-state index contributed by atoms with van der Waals surface area (Å²) in [7, 11) is 0. The number of carbonyl (C=O) groups is 2. The van der Waals surface area contributed by atoms with Crippen LogP contribution < -0.4 is 11.2 Å². The zero-order valence-corrected chi connectivity index (χ0v) is 8.62. The maximum absolute atomic E-state index is 12.7. The number of nitrogens with one attached hydrogen (secondary N) is 1. The van der Waals surface area contributed by atoms with Gasteiger partial charge < -0.3 is 5.73 Å². The predicted octanol–water partition coefficient (Wildman–Crippen LogP) is 0.0208. The topological polar surface area (TPSA) is 94.3 Å². The van der Waals surface area contributed by atoms with Crippen LogP contribution in [0.1, 0.15) is 10.4 Å². The molecule has 0 aliphatic heterocycles. The van der Waals surface area contributed by atoms with Crippen LogP contribution in [0.3, 0.4) is 0 Å². The summed E-state index contributed by atoms with van der Waals surface area (Å²) in [6.07, 6.45) is 0.864. The largest absolute Gasteiger partial charge is 0.368 e. The number of hydrogen-bond donors (Lipinski definition) is 2. The number of pyridine rings is 1. The third-order valence-electron chi connectivity index (χ3n) is 1.43. The number of amides is 2. The molecule has 0 aliphatic carbocycles. The van der Waals surface area contributed by atoms with Gasteiger partial charge in [-0.3, -0.25) is 14.4 Å². The van der Waals surface area contributed by atoms with Crippen molar-refractivity contribution in [1.29, 1.82) is 0 Å². The molecule has 1 aromatic rings. The maximum Gasteiger partial charge on any atom is 0.278 e. The van der Waals surface area contributed by atoms with E-state index in [9.17, 15) is 14.0 Å². The van der Waals surface area contributed by atoms with Crippen molar-refractivity contribution < 1.29 is 18.8 Å². The van der Waals surface area contributed by atoms with E-state index in [2.05, 4.69) is 9.82 Å². The lowest BCUT2D eigenvalue weighted by Gasteiger charge is -2.05. The van der Waals surface area contributed by atoms with Gasteiger partial charge in [0.2, 0.25) is 5.91 Å². The normalized spacial score (nSPS) is 9.88. The van der Waals surface area contributed by atoms with E-state index in [1.165, 1.54) is 0 Å².